The van der Waals surface area contributed by atoms with Crippen LogP contribution in [0.5, 0.6) is 0 Å². The van der Waals surface area contributed by atoms with Gasteiger partial charge in [0.2, 0.25) is 5.95 Å². The van der Waals surface area contributed by atoms with Crippen molar-refractivity contribution >= 4 is 11.7 Å². The summed E-state index contributed by atoms with van der Waals surface area (Å²) in [6.07, 6.45) is 0. The fourth-order valence-corrected chi connectivity index (χ4v) is 3.21. The molecule has 1 aliphatic rings. The smallest absolute Gasteiger partial charge is 0.274 e. The Bertz CT molecular complexity index is 968. The molecule has 142 valence electrons. The van der Waals surface area contributed by atoms with Crippen molar-refractivity contribution < 1.29 is 0 Å². The summed E-state index contributed by atoms with van der Waals surface area (Å²) in [6.45, 7) is 7.42. The third kappa shape index (κ3) is 4.17. The summed E-state index contributed by atoms with van der Waals surface area (Å²) in [4.78, 5) is 26.0. The molecular formula is C19H25N7O. The first-order valence-electron chi connectivity index (χ1n) is 9.26. The minimum atomic E-state index is -0.139. The number of hydrogen-bond acceptors (Lipinski definition) is 6. The van der Waals surface area contributed by atoms with E-state index in [4.69, 9.17) is 0 Å². The number of nitrogens with zero attached hydrogens (tertiary/aromatic N) is 5. The van der Waals surface area contributed by atoms with E-state index in [1.165, 1.54) is 10.1 Å². The molecule has 0 amide bonds. The van der Waals surface area contributed by atoms with Gasteiger partial charge in [0.25, 0.3) is 11.3 Å². The maximum atomic E-state index is 12.4. The zero-order valence-electron chi connectivity index (χ0n) is 15.8. The van der Waals surface area contributed by atoms with Gasteiger partial charge in [-0.15, -0.1) is 0 Å². The molecule has 0 atom stereocenters. The van der Waals surface area contributed by atoms with E-state index in [2.05, 4.69) is 68.4 Å². The van der Waals surface area contributed by atoms with Crippen molar-refractivity contribution in [2.75, 3.05) is 38.5 Å². The number of nitrogens with one attached hydrogen (secondary N) is 2. The first-order valence-corrected chi connectivity index (χ1v) is 9.26. The number of anilines is 1. The molecular weight excluding hydrogens is 342 g/mol. The van der Waals surface area contributed by atoms with Crippen LogP contribution in [0, 0.1) is 6.92 Å². The molecule has 0 radical (unpaired) electrons. The topological polar surface area (TPSA) is 81.6 Å². The Morgan fingerprint density at radius 1 is 1.11 bits per heavy atom. The van der Waals surface area contributed by atoms with Crippen LogP contribution in [0.15, 0.2) is 35.1 Å². The molecule has 3 aromatic rings. The predicted octanol–water partition coefficient (Wildman–Crippen LogP) is 1.09. The summed E-state index contributed by atoms with van der Waals surface area (Å²) in [5.74, 6) is 0.940. The zero-order valence-corrected chi connectivity index (χ0v) is 15.8. The summed E-state index contributed by atoms with van der Waals surface area (Å²) in [5.41, 5.74) is 3.00. The maximum Gasteiger partial charge on any atom is 0.274 e. The van der Waals surface area contributed by atoms with Gasteiger partial charge < -0.3 is 10.2 Å². The molecule has 8 heteroatoms. The molecule has 0 saturated carbocycles. The van der Waals surface area contributed by atoms with Crippen LogP contribution in [0.2, 0.25) is 0 Å². The van der Waals surface area contributed by atoms with Crippen molar-refractivity contribution in [1.82, 2.24) is 29.4 Å². The summed E-state index contributed by atoms with van der Waals surface area (Å²) in [6, 6.07) is 9.89. The van der Waals surface area contributed by atoms with Crippen molar-refractivity contribution in [3.8, 4) is 0 Å². The molecule has 1 saturated heterocycles. The lowest BCUT2D eigenvalue weighted by atomic mass is 10.1. The van der Waals surface area contributed by atoms with Gasteiger partial charge in [0.1, 0.15) is 0 Å². The summed E-state index contributed by atoms with van der Waals surface area (Å²) in [7, 11) is 2.13. The quantitative estimate of drug-likeness (QED) is 0.703. The summed E-state index contributed by atoms with van der Waals surface area (Å²) < 4.78 is 1.38. The second kappa shape index (κ2) is 7.50. The number of aromatic amines is 1. The number of aryl methyl sites for hydroxylation is 1. The second-order valence-electron chi connectivity index (χ2n) is 7.21. The molecule has 1 aromatic carbocycles. The molecule has 4 rings (SSSR count). The van der Waals surface area contributed by atoms with Crippen LogP contribution < -0.4 is 10.9 Å². The second-order valence-corrected chi connectivity index (χ2v) is 7.21. The average Bonchev–Trinajstić information content (AvgIpc) is 3.07. The minimum Gasteiger partial charge on any atom is -0.351 e. The highest BCUT2D eigenvalue weighted by atomic mass is 16.1. The van der Waals surface area contributed by atoms with Gasteiger partial charge in [0, 0.05) is 45.3 Å². The lowest BCUT2D eigenvalue weighted by Crippen LogP contribution is -2.44. The van der Waals surface area contributed by atoms with E-state index < -0.39 is 0 Å². The molecule has 0 aliphatic carbocycles. The van der Waals surface area contributed by atoms with Gasteiger partial charge in [-0.05, 0) is 19.5 Å². The monoisotopic (exact) mass is 367 g/mol. The van der Waals surface area contributed by atoms with Gasteiger partial charge in [-0.25, -0.2) is 4.98 Å². The molecule has 2 N–H and O–H groups in total. The number of hydrogen-bond donors (Lipinski definition) is 2. The molecule has 2 aromatic heterocycles. The number of fused-ring (bicyclic) bond motifs is 1. The van der Waals surface area contributed by atoms with Crippen LogP contribution in [0.4, 0.5) is 5.95 Å². The van der Waals surface area contributed by atoms with E-state index in [0.717, 1.165) is 37.4 Å². The molecule has 1 aliphatic heterocycles. The predicted molar refractivity (Wildman–Crippen MR) is 105 cm³/mol. The Morgan fingerprint density at radius 3 is 2.59 bits per heavy atom. The van der Waals surface area contributed by atoms with Crippen LogP contribution in [0.3, 0.4) is 0 Å². The highest BCUT2D eigenvalue weighted by Crippen LogP contribution is 2.09. The molecule has 0 spiro atoms. The van der Waals surface area contributed by atoms with E-state index in [0.29, 0.717) is 24.8 Å². The van der Waals surface area contributed by atoms with Gasteiger partial charge in [-0.3, -0.25) is 14.8 Å². The fraction of sp³-hybridized carbons (Fsp3) is 0.421. The molecule has 27 heavy (non-hydrogen) atoms. The van der Waals surface area contributed by atoms with E-state index in [1.54, 1.807) is 6.07 Å². The normalized spacial score (nSPS) is 16.1. The van der Waals surface area contributed by atoms with E-state index in [1.807, 2.05) is 0 Å². The van der Waals surface area contributed by atoms with E-state index in [9.17, 15) is 4.79 Å². The lowest BCUT2D eigenvalue weighted by molar-refractivity contribution is 0.147. The van der Waals surface area contributed by atoms with Gasteiger partial charge in [0.05, 0.1) is 5.69 Å². The first kappa shape index (κ1) is 17.7. The Hall–Kier alpha value is -2.71. The number of rotatable bonds is 5. The number of aromatic nitrogens is 4. The minimum absolute atomic E-state index is 0.139. The SMILES string of the molecule is Cc1ccc(CNc2nc3nc(CN4CCN(C)CC4)cc(=O)n3[nH]2)cc1. The lowest BCUT2D eigenvalue weighted by Gasteiger charge is -2.31. The molecule has 1 fully saturated rings. The highest BCUT2D eigenvalue weighted by molar-refractivity contribution is 5.38. The Morgan fingerprint density at radius 2 is 1.85 bits per heavy atom. The van der Waals surface area contributed by atoms with Crippen LogP contribution in [-0.4, -0.2) is 62.6 Å². The zero-order chi connectivity index (χ0) is 18.8. The number of piperazine rings is 1. The van der Waals surface area contributed by atoms with Gasteiger partial charge >= 0.3 is 0 Å². The van der Waals surface area contributed by atoms with Crippen molar-refractivity contribution in [3.05, 3.63) is 57.5 Å². The Kier molecular flexibility index (Phi) is 4.91. The van der Waals surface area contributed by atoms with Crippen molar-refractivity contribution in [3.63, 3.8) is 0 Å². The van der Waals surface area contributed by atoms with Gasteiger partial charge in [-0.2, -0.15) is 9.50 Å². The van der Waals surface area contributed by atoms with Crippen LogP contribution >= 0.6 is 0 Å². The van der Waals surface area contributed by atoms with Gasteiger partial charge in [-0.1, -0.05) is 29.8 Å². The maximum absolute atomic E-state index is 12.4. The number of H-pyrrole nitrogens is 1. The summed E-state index contributed by atoms with van der Waals surface area (Å²) >= 11 is 0. The van der Waals surface area contributed by atoms with Crippen molar-refractivity contribution in [2.45, 2.75) is 20.0 Å². The van der Waals surface area contributed by atoms with E-state index >= 15 is 0 Å². The number of benzene rings is 1. The average molecular weight is 367 g/mol. The first-order chi connectivity index (χ1) is 13.1. The van der Waals surface area contributed by atoms with Crippen LogP contribution in [-0.2, 0) is 13.1 Å². The van der Waals surface area contributed by atoms with E-state index in [-0.39, 0.29) is 5.56 Å². The molecule has 0 unspecified atom stereocenters. The third-order valence-corrected chi connectivity index (χ3v) is 4.95. The largest absolute Gasteiger partial charge is 0.351 e. The van der Waals surface area contributed by atoms with Gasteiger partial charge in [0.15, 0.2) is 0 Å². The molecule has 8 nitrogen and oxygen atoms in total. The van der Waals surface area contributed by atoms with Crippen molar-refractivity contribution in [2.24, 2.45) is 0 Å². The Balaban J connectivity index is 1.47. The summed E-state index contributed by atoms with van der Waals surface area (Å²) in [5, 5.41) is 6.20. The Labute approximate surface area is 157 Å². The molecule has 3 heterocycles. The van der Waals surface area contributed by atoms with Crippen LogP contribution in [0.25, 0.3) is 5.78 Å². The van der Waals surface area contributed by atoms with Crippen LogP contribution in [0.1, 0.15) is 16.8 Å². The standard InChI is InChI=1S/C19H25N7O/c1-14-3-5-15(6-4-14)12-20-18-22-19-21-16(11-17(27)26(19)23-18)13-25-9-7-24(2)8-10-25/h3-6,11H,7-10,12-13H2,1-2H3,(H2,20,21,22,23). The molecule has 0 bridgehead atoms. The third-order valence-electron chi connectivity index (χ3n) is 4.95. The highest BCUT2D eigenvalue weighted by Gasteiger charge is 2.16. The fourth-order valence-electron chi connectivity index (χ4n) is 3.21. The number of likely N-dealkylation sites (N-methyl/N-ethyl adjacent to an activating group) is 1. The van der Waals surface area contributed by atoms with Crippen molar-refractivity contribution in [1.29, 1.82) is 0 Å².